The highest BCUT2D eigenvalue weighted by atomic mass is 16.5. The fraction of sp³-hybridized carbons (Fsp3) is 0.692. The van der Waals surface area contributed by atoms with Crippen LogP contribution in [0.5, 0.6) is 0 Å². The Morgan fingerprint density at radius 3 is 2.33 bits per heavy atom. The largest absolute Gasteiger partial charge is 0.389 e. The second-order valence-corrected chi connectivity index (χ2v) is 6.30. The zero-order chi connectivity index (χ0) is 14.1. The van der Waals surface area contributed by atoms with Gasteiger partial charge in [-0.15, -0.1) is 0 Å². The van der Waals surface area contributed by atoms with Gasteiger partial charge in [-0.05, 0) is 13.8 Å². The van der Waals surface area contributed by atoms with Crippen molar-refractivity contribution in [1.82, 2.24) is 10.1 Å². The zero-order valence-electron chi connectivity index (χ0n) is 11.9. The van der Waals surface area contributed by atoms with Gasteiger partial charge in [-0.1, -0.05) is 25.9 Å². The van der Waals surface area contributed by atoms with Gasteiger partial charge in [0.15, 0.2) is 5.69 Å². The molecule has 0 bridgehead atoms. The molecule has 0 radical (unpaired) electrons. The highest BCUT2D eigenvalue weighted by Gasteiger charge is 2.25. The highest BCUT2D eigenvalue weighted by molar-refractivity contribution is 5.92. The Hall–Kier alpha value is -1.36. The van der Waals surface area contributed by atoms with Crippen LogP contribution in [0, 0.1) is 0 Å². The van der Waals surface area contributed by atoms with Crippen LogP contribution in [0.15, 0.2) is 10.6 Å². The Morgan fingerprint density at radius 2 is 1.94 bits per heavy atom. The average Bonchev–Trinajstić information content (AvgIpc) is 2.61. The lowest BCUT2D eigenvalue weighted by atomic mass is 9.93. The third-order valence-electron chi connectivity index (χ3n) is 2.44. The number of amides is 1. The molecule has 0 atom stereocenters. The van der Waals surface area contributed by atoms with E-state index in [0.717, 1.165) is 0 Å². The molecule has 1 N–H and O–H groups in total. The van der Waals surface area contributed by atoms with Crippen LogP contribution in [0.3, 0.4) is 0 Å². The Labute approximate surface area is 108 Å². The third-order valence-corrected chi connectivity index (χ3v) is 2.44. The maximum atomic E-state index is 12.1. The van der Waals surface area contributed by atoms with Gasteiger partial charge in [0.1, 0.15) is 5.76 Å². The van der Waals surface area contributed by atoms with Gasteiger partial charge in [0, 0.05) is 25.1 Å². The van der Waals surface area contributed by atoms with Crippen molar-refractivity contribution < 1.29 is 14.4 Å². The average molecular weight is 254 g/mol. The Morgan fingerprint density at radius 1 is 1.39 bits per heavy atom. The molecule has 1 rings (SSSR count). The molecule has 1 aromatic rings. The molecular formula is C13H22N2O3. The molecule has 5 heteroatoms. The van der Waals surface area contributed by atoms with E-state index in [1.54, 1.807) is 27.0 Å². The molecule has 0 spiro atoms. The van der Waals surface area contributed by atoms with Gasteiger partial charge in [-0.2, -0.15) is 0 Å². The van der Waals surface area contributed by atoms with E-state index in [1.807, 2.05) is 20.8 Å². The molecule has 0 saturated heterocycles. The molecule has 0 aromatic carbocycles. The third kappa shape index (κ3) is 3.84. The molecule has 0 aliphatic rings. The maximum absolute atomic E-state index is 12.1. The number of likely N-dealkylation sites (N-methyl/N-ethyl adjacent to an activating group) is 1. The normalized spacial score (nSPS) is 12.6. The summed E-state index contributed by atoms with van der Waals surface area (Å²) >= 11 is 0. The van der Waals surface area contributed by atoms with E-state index in [2.05, 4.69) is 5.16 Å². The molecule has 1 heterocycles. The van der Waals surface area contributed by atoms with Crippen LogP contribution in [0.1, 0.15) is 50.9 Å². The molecule has 5 nitrogen and oxygen atoms in total. The molecular weight excluding hydrogens is 232 g/mol. The molecule has 1 aromatic heterocycles. The van der Waals surface area contributed by atoms with Crippen molar-refractivity contribution in [3.05, 3.63) is 17.5 Å². The van der Waals surface area contributed by atoms with E-state index >= 15 is 0 Å². The van der Waals surface area contributed by atoms with E-state index < -0.39 is 5.60 Å². The molecule has 0 unspecified atom stereocenters. The first-order valence-corrected chi connectivity index (χ1v) is 5.96. The summed E-state index contributed by atoms with van der Waals surface area (Å²) < 4.78 is 5.17. The summed E-state index contributed by atoms with van der Waals surface area (Å²) in [5.74, 6) is 0.416. The minimum absolute atomic E-state index is 0.180. The molecule has 0 saturated carbocycles. The van der Waals surface area contributed by atoms with Gasteiger partial charge in [0.25, 0.3) is 5.91 Å². The second kappa shape index (κ2) is 4.72. The molecule has 0 aliphatic heterocycles. The van der Waals surface area contributed by atoms with Crippen LogP contribution in [-0.2, 0) is 5.41 Å². The van der Waals surface area contributed by atoms with E-state index in [0.29, 0.717) is 5.76 Å². The van der Waals surface area contributed by atoms with E-state index in [9.17, 15) is 9.90 Å². The summed E-state index contributed by atoms with van der Waals surface area (Å²) in [7, 11) is 1.63. The van der Waals surface area contributed by atoms with Crippen molar-refractivity contribution in [1.29, 1.82) is 0 Å². The second-order valence-electron chi connectivity index (χ2n) is 6.30. The quantitative estimate of drug-likeness (QED) is 0.893. The summed E-state index contributed by atoms with van der Waals surface area (Å²) in [4.78, 5) is 13.5. The number of aromatic nitrogens is 1. The highest BCUT2D eigenvalue weighted by Crippen LogP contribution is 2.23. The minimum Gasteiger partial charge on any atom is -0.389 e. The summed E-state index contributed by atoms with van der Waals surface area (Å²) in [6, 6.07) is 1.66. The smallest absolute Gasteiger partial charge is 0.275 e. The van der Waals surface area contributed by atoms with Crippen molar-refractivity contribution in [2.75, 3.05) is 13.6 Å². The van der Waals surface area contributed by atoms with E-state index in [1.165, 1.54) is 4.90 Å². The van der Waals surface area contributed by atoms with E-state index in [4.69, 9.17) is 4.52 Å². The molecule has 102 valence electrons. The number of carbonyl (C=O) groups excluding carboxylic acids is 1. The van der Waals surface area contributed by atoms with E-state index in [-0.39, 0.29) is 23.6 Å². The Balaban J connectivity index is 2.82. The van der Waals surface area contributed by atoms with Crippen molar-refractivity contribution >= 4 is 5.91 Å². The predicted molar refractivity (Wildman–Crippen MR) is 68.5 cm³/mol. The van der Waals surface area contributed by atoms with Gasteiger partial charge < -0.3 is 14.5 Å². The van der Waals surface area contributed by atoms with Gasteiger partial charge >= 0.3 is 0 Å². The fourth-order valence-corrected chi connectivity index (χ4v) is 1.58. The molecule has 0 fully saturated rings. The topological polar surface area (TPSA) is 66.6 Å². The SMILES string of the molecule is CN(CC(C)(C)O)C(=O)c1cc(C(C)(C)C)on1. The van der Waals surface area contributed by atoms with Gasteiger partial charge in [-0.3, -0.25) is 4.79 Å². The first-order valence-electron chi connectivity index (χ1n) is 5.96. The fourth-order valence-electron chi connectivity index (χ4n) is 1.58. The van der Waals surface area contributed by atoms with Crippen LogP contribution in [0.4, 0.5) is 0 Å². The van der Waals surface area contributed by atoms with Gasteiger partial charge in [0.2, 0.25) is 0 Å². The van der Waals surface area contributed by atoms with Crippen LogP contribution in [-0.4, -0.2) is 40.3 Å². The number of nitrogens with zero attached hydrogens (tertiary/aromatic N) is 2. The number of carbonyl (C=O) groups is 1. The minimum atomic E-state index is -0.930. The molecule has 18 heavy (non-hydrogen) atoms. The summed E-state index contributed by atoms with van der Waals surface area (Å²) in [6.07, 6.45) is 0. The first-order chi connectivity index (χ1) is 8.00. The lowest BCUT2D eigenvalue weighted by Gasteiger charge is -2.24. The maximum Gasteiger partial charge on any atom is 0.275 e. The number of hydrogen-bond donors (Lipinski definition) is 1. The van der Waals surface area contributed by atoms with Crippen LogP contribution in [0.25, 0.3) is 0 Å². The summed E-state index contributed by atoms with van der Waals surface area (Å²) in [5, 5.41) is 13.5. The monoisotopic (exact) mass is 254 g/mol. The van der Waals surface area contributed by atoms with Crippen LogP contribution >= 0.6 is 0 Å². The number of hydrogen-bond acceptors (Lipinski definition) is 4. The standard InChI is InChI=1S/C13H22N2O3/c1-12(2,3)10-7-9(14-18-10)11(16)15(6)8-13(4,5)17/h7,17H,8H2,1-6H3. The number of aliphatic hydroxyl groups is 1. The summed E-state index contributed by atoms with van der Waals surface area (Å²) in [6.45, 7) is 9.51. The lowest BCUT2D eigenvalue weighted by molar-refractivity contribution is 0.0362. The Bertz CT molecular complexity index is 424. The molecule has 0 aliphatic carbocycles. The predicted octanol–water partition coefficient (Wildman–Crippen LogP) is 1.81. The van der Waals surface area contributed by atoms with Crippen molar-refractivity contribution in [2.45, 2.75) is 45.6 Å². The lowest BCUT2D eigenvalue weighted by Crippen LogP contribution is -2.39. The van der Waals surface area contributed by atoms with Crippen molar-refractivity contribution in [2.24, 2.45) is 0 Å². The molecule has 1 amide bonds. The van der Waals surface area contributed by atoms with Crippen LogP contribution < -0.4 is 0 Å². The zero-order valence-corrected chi connectivity index (χ0v) is 11.9. The first kappa shape index (κ1) is 14.7. The number of rotatable bonds is 3. The van der Waals surface area contributed by atoms with Gasteiger partial charge in [0.05, 0.1) is 5.60 Å². The summed E-state index contributed by atoms with van der Waals surface area (Å²) in [5.41, 5.74) is -0.840. The Kier molecular flexibility index (Phi) is 3.86. The van der Waals surface area contributed by atoms with Crippen LogP contribution in [0.2, 0.25) is 0 Å². The van der Waals surface area contributed by atoms with Crippen molar-refractivity contribution in [3.63, 3.8) is 0 Å². The van der Waals surface area contributed by atoms with Gasteiger partial charge in [-0.25, -0.2) is 0 Å². The van der Waals surface area contributed by atoms with Crippen molar-refractivity contribution in [3.8, 4) is 0 Å².